The Balaban J connectivity index is 0.000000771. The van der Waals surface area contributed by atoms with E-state index in [1.807, 2.05) is 0 Å². The molecule has 39 heavy (non-hydrogen) atoms. The Kier molecular flexibility index (Phi) is 6.69. The van der Waals surface area contributed by atoms with Crippen molar-refractivity contribution in [3.05, 3.63) is 59.7 Å². The number of hydrogen-bond acceptors (Lipinski definition) is 2. The van der Waals surface area contributed by atoms with Crippen molar-refractivity contribution in [2.75, 3.05) is 28.2 Å². The fourth-order valence-corrected chi connectivity index (χ4v) is 10.6. The average molecular weight is 602 g/mol. The number of rotatable bonds is 0. The van der Waals surface area contributed by atoms with Gasteiger partial charge in [0.05, 0.1) is 28.2 Å². The molecule has 2 aliphatic heterocycles. The van der Waals surface area contributed by atoms with Crippen LogP contribution in [0.15, 0.2) is 48.5 Å². The van der Waals surface area contributed by atoms with Crippen LogP contribution in [0, 0.1) is 0 Å². The van der Waals surface area contributed by atoms with Gasteiger partial charge in [-0.05, 0) is 0 Å². The van der Waals surface area contributed by atoms with E-state index in [0.717, 1.165) is 28.7 Å². The van der Waals surface area contributed by atoms with Gasteiger partial charge < -0.3 is 4.48 Å². The molecule has 0 fully saturated rings. The zero-order valence-corrected chi connectivity index (χ0v) is 21.9. The van der Waals surface area contributed by atoms with Crippen LogP contribution in [0.1, 0.15) is 11.1 Å². The van der Waals surface area contributed by atoms with Gasteiger partial charge in [-0.1, -0.05) is 0 Å². The van der Waals surface area contributed by atoms with Gasteiger partial charge in [0.1, 0.15) is 0 Å². The molecule has 16 heteroatoms. The molecule has 0 unspecified atom stereocenters. The fourth-order valence-electron chi connectivity index (χ4n) is 4.99. The number of halogens is 12. The van der Waals surface area contributed by atoms with Gasteiger partial charge in [0, 0.05) is 0 Å². The molecule has 220 valence electrons. The Morgan fingerprint density at radius 3 is 1.00 bits per heavy atom. The fraction of sp³-hybridized carbons (Fsp3) is 0.478. The van der Waals surface area contributed by atoms with Crippen molar-refractivity contribution in [3.63, 3.8) is 0 Å². The molecule has 0 saturated carbocycles. The monoisotopic (exact) mass is 601 g/mol. The van der Waals surface area contributed by atoms with Gasteiger partial charge in [0.25, 0.3) is 0 Å². The predicted octanol–water partition coefficient (Wildman–Crippen LogP) is 5.85. The van der Waals surface area contributed by atoms with E-state index in [1.165, 1.54) is 0 Å². The molecule has 2 aromatic rings. The quantitative estimate of drug-likeness (QED) is 0.215. The van der Waals surface area contributed by atoms with E-state index in [1.54, 1.807) is 0 Å². The SMILES string of the molecule is C[N+](C)(C)C.C[Si-]12(OC(C(F)(F)F)(C(F)(F)F)c3ccccc31)OC(C(F)(F)F)(C(F)(F)F)c1ccccc12. The summed E-state index contributed by atoms with van der Waals surface area (Å²) in [4.78, 5) is 0. The first-order valence-electron chi connectivity index (χ1n) is 11.0. The standard InChI is InChI=1S/C19H11F12O2Si.C4H12N/c1-34(12-8-4-2-6-10(12)14(32-34,16(20,21)22)17(23,24)25)13-9-5-3-7-11(13)15(33-34,18(26,27)28)19(29,30)31;1-5(2,3)4/h2-9H,1H3;1-4H3/q-1;+1. The summed E-state index contributed by atoms with van der Waals surface area (Å²) in [7, 11) is 1.72. The van der Waals surface area contributed by atoms with E-state index in [-0.39, 0.29) is 0 Å². The molecule has 2 heterocycles. The molecule has 2 aliphatic rings. The Hall–Kier alpha value is -2.30. The molecule has 0 aromatic heterocycles. The Bertz CT molecular complexity index is 1130. The summed E-state index contributed by atoms with van der Waals surface area (Å²) in [5, 5.41) is -2.31. The van der Waals surface area contributed by atoms with Gasteiger partial charge >= 0.3 is 182 Å². The number of quaternary nitrogens is 1. The van der Waals surface area contributed by atoms with Crippen molar-refractivity contribution in [2.45, 2.75) is 42.5 Å². The summed E-state index contributed by atoms with van der Waals surface area (Å²) in [5.41, 5.74) is -13.8. The molecule has 0 bridgehead atoms. The zero-order valence-electron chi connectivity index (χ0n) is 20.9. The van der Waals surface area contributed by atoms with Crippen LogP contribution >= 0.6 is 0 Å². The normalized spacial score (nSPS) is 22.2. The first kappa shape index (κ1) is 31.2. The van der Waals surface area contributed by atoms with Gasteiger partial charge in [-0.15, -0.1) is 0 Å². The van der Waals surface area contributed by atoms with Crippen LogP contribution in [0.2, 0.25) is 6.55 Å². The van der Waals surface area contributed by atoms with Crippen LogP contribution in [-0.4, -0.2) is 65.2 Å². The number of nitrogens with zero attached hydrogens (tertiary/aromatic N) is 1. The molecule has 0 radical (unpaired) electrons. The van der Waals surface area contributed by atoms with Crippen LogP contribution in [0.25, 0.3) is 0 Å². The van der Waals surface area contributed by atoms with E-state index < -0.39 is 65.2 Å². The van der Waals surface area contributed by atoms with Crippen LogP contribution in [0.4, 0.5) is 52.7 Å². The molecule has 0 N–H and O–H groups in total. The molecule has 0 atom stereocenters. The van der Waals surface area contributed by atoms with Crippen molar-refractivity contribution < 1.29 is 66.0 Å². The maximum atomic E-state index is 14.1. The second-order valence-electron chi connectivity index (χ2n) is 10.9. The van der Waals surface area contributed by atoms with Crippen molar-refractivity contribution in [2.24, 2.45) is 0 Å². The van der Waals surface area contributed by atoms with E-state index in [2.05, 4.69) is 37.0 Å². The van der Waals surface area contributed by atoms with Gasteiger partial charge in [-0.2, -0.15) is 0 Å². The summed E-state index contributed by atoms with van der Waals surface area (Å²) in [5.74, 6) is 0. The molecule has 0 amide bonds. The minimum atomic E-state index is -6.78. The third kappa shape index (κ3) is 4.25. The minimum absolute atomic E-state index is 0.306. The molecular formula is C23H23F12NO2Si. The Morgan fingerprint density at radius 1 is 0.538 bits per heavy atom. The number of alkyl halides is 12. The van der Waals surface area contributed by atoms with Crippen molar-refractivity contribution >= 4 is 18.2 Å². The van der Waals surface area contributed by atoms with Crippen molar-refractivity contribution in [1.29, 1.82) is 0 Å². The number of benzene rings is 2. The molecule has 2 aromatic carbocycles. The number of fused-ring (bicyclic) bond motifs is 4. The first-order chi connectivity index (χ1) is 17.2. The topological polar surface area (TPSA) is 18.5 Å². The Morgan fingerprint density at radius 2 is 0.769 bits per heavy atom. The third-order valence-electron chi connectivity index (χ3n) is 6.26. The van der Waals surface area contributed by atoms with Gasteiger partial charge in [0.15, 0.2) is 0 Å². The van der Waals surface area contributed by atoms with Crippen LogP contribution < -0.4 is 10.4 Å². The van der Waals surface area contributed by atoms with Crippen LogP contribution in [-0.2, 0) is 20.1 Å². The maximum absolute atomic E-state index is 14.1. The average Bonchev–Trinajstić information content (AvgIpc) is 3.13. The van der Waals surface area contributed by atoms with Crippen LogP contribution in [0.3, 0.4) is 0 Å². The summed E-state index contributed by atoms with van der Waals surface area (Å²) < 4.78 is 180. The second-order valence-corrected chi connectivity index (χ2v) is 15.4. The molecule has 0 saturated heterocycles. The predicted molar refractivity (Wildman–Crippen MR) is 117 cm³/mol. The first-order valence-corrected chi connectivity index (χ1v) is 13.8. The van der Waals surface area contributed by atoms with Crippen molar-refractivity contribution in [1.82, 2.24) is 0 Å². The zero-order chi connectivity index (χ0) is 30.3. The molecule has 3 nitrogen and oxygen atoms in total. The summed E-state index contributed by atoms with van der Waals surface area (Å²) in [6.07, 6.45) is -25.3. The van der Waals surface area contributed by atoms with Crippen molar-refractivity contribution in [3.8, 4) is 0 Å². The van der Waals surface area contributed by atoms with E-state index in [9.17, 15) is 52.7 Å². The molecule has 1 spiro atoms. The van der Waals surface area contributed by atoms with Crippen LogP contribution in [0.5, 0.6) is 0 Å². The van der Waals surface area contributed by atoms with E-state index >= 15 is 0 Å². The Labute approximate surface area is 215 Å². The summed E-state index contributed by atoms with van der Waals surface area (Å²) >= 11 is 0. The number of hydrogen-bond donors (Lipinski definition) is 0. The van der Waals surface area contributed by atoms with E-state index in [4.69, 9.17) is 0 Å². The second kappa shape index (κ2) is 8.36. The summed E-state index contributed by atoms with van der Waals surface area (Å²) in [6.45, 7) is 0.357. The molecular weight excluding hydrogens is 578 g/mol. The van der Waals surface area contributed by atoms with Gasteiger partial charge in [-0.3, -0.25) is 0 Å². The third-order valence-corrected chi connectivity index (χ3v) is 11.2. The van der Waals surface area contributed by atoms with Gasteiger partial charge in [0.2, 0.25) is 0 Å². The van der Waals surface area contributed by atoms with Gasteiger partial charge in [-0.25, -0.2) is 0 Å². The molecule has 4 rings (SSSR count). The van der Waals surface area contributed by atoms with E-state index in [0.29, 0.717) is 30.8 Å². The summed E-state index contributed by atoms with van der Waals surface area (Å²) in [6, 6.07) is 4.97. The molecule has 0 aliphatic carbocycles.